The fourth-order valence-corrected chi connectivity index (χ4v) is 3.83. The normalized spacial score (nSPS) is 14.5. The van der Waals surface area contributed by atoms with Crippen molar-refractivity contribution in [1.29, 1.82) is 0 Å². The van der Waals surface area contributed by atoms with Crippen LogP contribution in [-0.2, 0) is 4.79 Å². The molecule has 1 heterocycles. The van der Waals surface area contributed by atoms with Crippen molar-refractivity contribution in [2.45, 2.75) is 12.8 Å². The van der Waals surface area contributed by atoms with Crippen molar-refractivity contribution in [2.75, 3.05) is 25.1 Å². The highest BCUT2D eigenvalue weighted by Gasteiger charge is 2.29. The fraction of sp³-hybridized carbons (Fsp3) is 0.261. The maximum absolute atomic E-state index is 12.7. The first-order valence-electron chi connectivity index (χ1n) is 9.83. The van der Waals surface area contributed by atoms with E-state index in [1.165, 1.54) is 6.07 Å². The van der Waals surface area contributed by atoms with E-state index in [4.69, 9.17) is 9.47 Å². The van der Waals surface area contributed by atoms with E-state index in [0.29, 0.717) is 37.4 Å². The molecule has 0 radical (unpaired) electrons. The first-order valence-corrected chi connectivity index (χ1v) is 9.83. The smallest absolute Gasteiger partial charge is 0.314 e. The van der Waals surface area contributed by atoms with Gasteiger partial charge in [0.05, 0.1) is 18.0 Å². The molecule has 1 aliphatic rings. The SMILES string of the molecule is COc1ccc2ccc(OC(=O)C3CCN(c4ccccc4[N+](=O)[O-])CC3)cc2c1. The fourth-order valence-electron chi connectivity index (χ4n) is 3.83. The highest BCUT2D eigenvalue weighted by molar-refractivity contribution is 5.86. The van der Waals surface area contributed by atoms with Gasteiger partial charge in [-0.15, -0.1) is 0 Å². The zero-order valence-corrected chi connectivity index (χ0v) is 16.6. The molecule has 0 atom stereocenters. The summed E-state index contributed by atoms with van der Waals surface area (Å²) in [7, 11) is 1.61. The number of fused-ring (bicyclic) bond motifs is 1. The molecule has 0 N–H and O–H groups in total. The predicted molar refractivity (Wildman–Crippen MR) is 114 cm³/mol. The van der Waals surface area contributed by atoms with Gasteiger partial charge in [0, 0.05) is 19.2 Å². The number of nitrogens with zero attached hydrogens (tertiary/aromatic N) is 2. The maximum Gasteiger partial charge on any atom is 0.314 e. The van der Waals surface area contributed by atoms with E-state index in [2.05, 4.69) is 0 Å². The van der Waals surface area contributed by atoms with E-state index in [1.54, 1.807) is 31.4 Å². The molecule has 0 aliphatic carbocycles. The van der Waals surface area contributed by atoms with Gasteiger partial charge in [0.25, 0.3) is 5.69 Å². The van der Waals surface area contributed by atoms with Gasteiger partial charge in [0.1, 0.15) is 17.2 Å². The van der Waals surface area contributed by atoms with Crippen LogP contribution in [0, 0.1) is 16.0 Å². The predicted octanol–water partition coefficient (Wildman–Crippen LogP) is 4.58. The van der Waals surface area contributed by atoms with Crippen molar-refractivity contribution in [1.82, 2.24) is 0 Å². The Kier molecular flexibility index (Phi) is 5.52. The van der Waals surface area contributed by atoms with Gasteiger partial charge in [-0.25, -0.2) is 0 Å². The lowest BCUT2D eigenvalue weighted by Gasteiger charge is -2.32. The molecule has 30 heavy (non-hydrogen) atoms. The van der Waals surface area contributed by atoms with Gasteiger partial charge in [-0.3, -0.25) is 14.9 Å². The van der Waals surface area contributed by atoms with Crippen LogP contribution in [0.2, 0.25) is 0 Å². The number of nitro groups is 1. The number of nitro benzene ring substituents is 1. The summed E-state index contributed by atoms with van der Waals surface area (Å²) < 4.78 is 10.9. The number of hydrogen-bond donors (Lipinski definition) is 0. The van der Waals surface area contributed by atoms with Gasteiger partial charge in [0.15, 0.2) is 0 Å². The molecular weight excluding hydrogens is 384 g/mol. The monoisotopic (exact) mass is 406 g/mol. The maximum atomic E-state index is 12.7. The molecule has 0 spiro atoms. The Bertz CT molecular complexity index is 1090. The molecule has 1 aliphatic heterocycles. The average molecular weight is 406 g/mol. The minimum absolute atomic E-state index is 0.0881. The van der Waals surface area contributed by atoms with Crippen LogP contribution in [0.25, 0.3) is 10.8 Å². The molecule has 1 fully saturated rings. The number of esters is 1. The highest BCUT2D eigenvalue weighted by Crippen LogP contribution is 2.32. The van der Waals surface area contributed by atoms with Crippen molar-refractivity contribution in [3.63, 3.8) is 0 Å². The minimum atomic E-state index is -0.371. The van der Waals surface area contributed by atoms with Crippen LogP contribution in [0.1, 0.15) is 12.8 Å². The number of carbonyl (C=O) groups excluding carboxylic acids is 1. The Labute approximate surface area is 174 Å². The number of rotatable bonds is 5. The molecule has 0 bridgehead atoms. The van der Waals surface area contributed by atoms with E-state index in [0.717, 1.165) is 16.5 Å². The highest BCUT2D eigenvalue weighted by atomic mass is 16.6. The van der Waals surface area contributed by atoms with Crippen molar-refractivity contribution < 1.29 is 19.2 Å². The first kappa shape index (κ1) is 19.7. The first-order chi connectivity index (χ1) is 14.5. The zero-order chi connectivity index (χ0) is 21.1. The van der Waals surface area contributed by atoms with Crippen LogP contribution < -0.4 is 14.4 Å². The van der Waals surface area contributed by atoms with Gasteiger partial charge >= 0.3 is 5.97 Å². The number of benzene rings is 3. The minimum Gasteiger partial charge on any atom is -0.497 e. The van der Waals surface area contributed by atoms with Crippen LogP contribution in [0.4, 0.5) is 11.4 Å². The molecule has 1 saturated heterocycles. The van der Waals surface area contributed by atoms with E-state index in [1.807, 2.05) is 35.2 Å². The van der Waals surface area contributed by atoms with E-state index < -0.39 is 0 Å². The number of hydrogen-bond acceptors (Lipinski definition) is 6. The van der Waals surface area contributed by atoms with E-state index >= 15 is 0 Å². The van der Waals surface area contributed by atoms with Gasteiger partial charge < -0.3 is 14.4 Å². The number of carbonyl (C=O) groups is 1. The molecule has 154 valence electrons. The summed E-state index contributed by atoms with van der Waals surface area (Å²) in [5.41, 5.74) is 0.683. The number of anilines is 1. The number of para-hydroxylation sites is 2. The van der Waals surface area contributed by atoms with E-state index in [9.17, 15) is 14.9 Å². The standard InChI is InChI=1S/C23H22N2O5/c1-29-19-8-6-16-7-9-20(15-18(16)14-19)30-23(26)17-10-12-24(13-11-17)21-4-2-3-5-22(21)25(27)28/h2-9,14-15,17H,10-13H2,1H3. The largest absolute Gasteiger partial charge is 0.497 e. The number of piperidine rings is 1. The summed E-state index contributed by atoms with van der Waals surface area (Å²) in [6, 6.07) is 18.0. The summed E-state index contributed by atoms with van der Waals surface area (Å²) in [6.45, 7) is 1.14. The number of ether oxygens (including phenoxy) is 2. The van der Waals surface area contributed by atoms with Gasteiger partial charge in [0.2, 0.25) is 0 Å². The summed E-state index contributed by atoms with van der Waals surface area (Å²) in [5, 5.41) is 13.2. The summed E-state index contributed by atoms with van der Waals surface area (Å²) in [6.07, 6.45) is 1.18. The lowest BCUT2D eigenvalue weighted by atomic mass is 9.96. The molecule has 7 heteroatoms. The third kappa shape index (κ3) is 4.05. The second kappa shape index (κ2) is 8.41. The molecule has 0 saturated carbocycles. The molecule has 0 amide bonds. The Balaban J connectivity index is 1.41. The molecule has 3 aromatic rings. The topological polar surface area (TPSA) is 81.9 Å². The molecular formula is C23H22N2O5. The molecule has 4 rings (SSSR count). The third-order valence-electron chi connectivity index (χ3n) is 5.48. The average Bonchev–Trinajstić information content (AvgIpc) is 2.78. The lowest BCUT2D eigenvalue weighted by molar-refractivity contribution is -0.384. The number of methoxy groups -OCH3 is 1. The van der Waals surface area contributed by atoms with Crippen molar-refractivity contribution in [3.8, 4) is 11.5 Å². The summed E-state index contributed by atoms with van der Waals surface area (Å²) >= 11 is 0. The van der Waals surface area contributed by atoms with Gasteiger partial charge in [-0.2, -0.15) is 0 Å². The Morgan fingerprint density at radius 2 is 1.67 bits per heavy atom. The van der Waals surface area contributed by atoms with Crippen LogP contribution in [0.15, 0.2) is 60.7 Å². The van der Waals surface area contributed by atoms with Crippen molar-refractivity contribution in [3.05, 3.63) is 70.8 Å². The lowest BCUT2D eigenvalue weighted by Crippen LogP contribution is -2.37. The molecule has 3 aromatic carbocycles. The Morgan fingerprint density at radius 3 is 2.37 bits per heavy atom. The second-order valence-corrected chi connectivity index (χ2v) is 7.30. The van der Waals surface area contributed by atoms with Gasteiger partial charge in [-0.05, 0) is 53.9 Å². The second-order valence-electron chi connectivity index (χ2n) is 7.30. The van der Waals surface area contributed by atoms with Crippen LogP contribution in [0.5, 0.6) is 11.5 Å². The Hall–Kier alpha value is -3.61. The van der Waals surface area contributed by atoms with Crippen molar-refractivity contribution >= 4 is 28.1 Å². The van der Waals surface area contributed by atoms with Gasteiger partial charge in [-0.1, -0.05) is 24.3 Å². The summed E-state index contributed by atoms with van der Waals surface area (Å²) in [5.74, 6) is 0.750. The van der Waals surface area contributed by atoms with Crippen LogP contribution >= 0.6 is 0 Å². The Morgan fingerprint density at radius 1 is 1.00 bits per heavy atom. The van der Waals surface area contributed by atoms with E-state index in [-0.39, 0.29) is 22.5 Å². The molecule has 0 unspecified atom stereocenters. The molecule has 0 aromatic heterocycles. The van der Waals surface area contributed by atoms with Crippen molar-refractivity contribution in [2.24, 2.45) is 5.92 Å². The molecule has 7 nitrogen and oxygen atoms in total. The zero-order valence-electron chi connectivity index (χ0n) is 16.6. The quantitative estimate of drug-likeness (QED) is 0.267. The third-order valence-corrected chi connectivity index (χ3v) is 5.48. The van der Waals surface area contributed by atoms with Crippen LogP contribution in [-0.4, -0.2) is 31.1 Å². The summed E-state index contributed by atoms with van der Waals surface area (Å²) in [4.78, 5) is 25.5. The van der Waals surface area contributed by atoms with Crippen LogP contribution in [0.3, 0.4) is 0 Å².